The van der Waals surface area contributed by atoms with Crippen molar-refractivity contribution < 1.29 is 14.3 Å². The average Bonchev–Trinajstić information content (AvgIpc) is 3.04. The van der Waals surface area contributed by atoms with E-state index < -0.39 is 0 Å². The van der Waals surface area contributed by atoms with E-state index in [4.69, 9.17) is 21.1 Å². The van der Waals surface area contributed by atoms with Crippen LogP contribution in [0.15, 0.2) is 72.3 Å². The van der Waals surface area contributed by atoms with Gasteiger partial charge in [-0.2, -0.15) is 0 Å². The van der Waals surface area contributed by atoms with Gasteiger partial charge in [-0.3, -0.25) is 4.79 Å². The fourth-order valence-electron chi connectivity index (χ4n) is 3.31. The van der Waals surface area contributed by atoms with Crippen LogP contribution in [0.2, 0.25) is 5.02 Å². The molecule has 1 aliphatic carbocycles. The van der Waals surface area contributed by atoms with Crippen LogP contribution >= 0.6 is 11.6 Å². The molecule has 0 saturated carbocycles. The van der Waals surface area contributed by atoms with Gasteiger partial charge in [-0.05, 0) is 47.0 Å². The Morgan fingerprint density at radius 2 is 1.79 bits per heavy atom. The number of carbonyl (C=O) groups is 1. The van der Waals surface area contributed by atoms with Crippen molar-refractivity contribution in [1.82, 2.24) is 0 Å². The summed E-state index contributed by atoms with van der Waals surface area (Å²) in [7, 11) is 1.61. The number of hydrogen-bond acceptors (Lipinski definition) is 3. The highest BCUT2D eigenvalue weighted by molar-refractivity contribution is 6.30. The Bertz CT molecular complexity index is 1050. The zero-order valence-corrected chi connectivity index (χ0v) is 16.2. The van der Waals surface area contributed by atoms with E-state index in [0.717, 1.165) is 27.8 Å². The standard InChI is InChI=1S/C24H19ClO3/c1-27-23-13-17(12-19-14-18-4-2-3-5-21(18)24(19)26)8-11-22(23)28-15-16-6-9-20(25)10-7-16/h2-13H,14-15H2,1H3/b19-12+. The number of methoxy groups -OCH3 is 1. The monoisotopic (exact) mass is 390 g/mol. The second-order valence-electron chi connectivity index (χ2n) is 6.66. The second-order valence-corrected chi connectivity index (χ2v) is 7.09. The summed E-state index contributed by atoms with van der Waals surface area (Å²) < 4.78 is 11.4. The van der Waals surface area contributed by atoms with Gasteiger partial charge in [0.1, 0.15) is 6.61 Å². The first kappa shape index (κ1) is 18.3. The molecule has 0 radical (unpaired) electrons. The minimum Gasteiger partial charge on any atom is -0.493 e. The fourth-order valence-corrected chi connectivity index (χ4v) is 3.43. The Morgan fingerprint density at radius 1 is 1.00 bits per heavy atom. The molecule has 28 heavy (non-hydrogen) atoms. The molecule has 0 aliphatic heterocycles. The fraction of sp³-hybridized carbons (Fsp3) is 0.125. The zero-order chi connectivity index (χ0) is 19.5. The minimum atomic E-state index is 0.0950. The van der Waals surface area contributed by atoms with Crippen LogP contribution in [-0.2, 0) is 13.0 Å². The third-order valence-corrected chi connectivity index (χ3v) is 5.02. The Hall–Kier alpha value is -3.04. The van der Waals surface area contributed by atoms with Crippen molar-refractivity contribution in [2.75, 3.05) is 7.11 Å². The van der Waals surface area contributed by atoms with E-state index in [1.54, 1.807) is 7.11 Å². The molecule has 1 aliphatic rings. The third kappa shape index (κ3) is 3.80. The summed E-state index contributed by atoms with van der Waals surface area (Å²) in [5, 5.41) is 0.697. The van der Waals surface area contributed by atoms with Crippen LogP contribution in [0.1, 0.15) is 27.0 Å². The van der Waals surface area contributed by atoms with Crippen LogP contribution in [0.3, 0.4) is 0 Å². The third-order valence-electron chi connectivity index (χ3n) is 4.77. The van der Waals surface area contributed by atoms with Crippen molar-refractivity contribution in [2.24, 2.45) is 0 Å². The van der Waals surface area contributed by atoms with Gasteiger partial charge in [-0.15, -0.1) is 0 Å². The number of ether oxygens (including phenoxy) is 2. The summed E-state index contributed by atoms with van der Waals surface area (Å²) in [6, 6.07) is 21.0. The summed E-state index contributed by atoms with van der Waals surface area (Å²) in [5.41, 5.74) is 4.59. The van der Waals surface area contributed by atoms with Gasteiger partial charge < -0.3 is 9.47 Å². The van der Waals surface area contributed by atoms with E-state index >= 15 is 0 Å². The number of rotatable bonds is 5. The van der Waals surface area contributed by atoms with Crippen molar-refractivity contribution in [3.05, 3.63) is 99.6 Å². The van der Waals surface area contributed by atoms with Crippen LogP contribution in [0.5, 0.6) is 11.5 Å². The zero-order valence-electron chi connectivity index (χ0n) is 15.4. The predicted octanol–water partition coefficient (Wildman–Crippen LogP) is 5.75. The Morgan fingerprint density at radius 3 is 2.54 bits per heavy atom. The Balaban J connectivity index is 1.52. The Labute approximate surface area is 169 Å². The molecule has 0 fully saturated rings. The summed E-state index contributed by atoms with van der Waals surface area (Å²) in [6.45, 7) is 0.418. The van der Waals surface area contributed by atoms with E-state index in [1.165, 1.54) is 0 Å². The lowest BCUT2D eigenvalue weighted by Gasteiger charge is -2.12. The molecule has 0 saturated heterocycles. The van der Waals surface area contributed by atoms with Crippen molar-refractivity contribution in [2.45, 2.75) is 13.0 Å². The Kier molecular flexibility index (Phi) is 5.18. The number of ketones is 1. The van der Waals surface area contributed by atoms with Crippen molar-refractivity contribution in [1.29, 1.82) is 0 Å². The highest BCUT2D eigenvalue weighted by Crippen LogP contribution is 2.32. The van der Waals surface area contributed by atoms with Gasteiger partial charge in [0.15, 0.2) is 17.3 Å². The van der Waals surface area contributed by atoms with Gasteiger partial charge in [-0.25, -0.2) is 0 Å². The molecular formula is C24H19ClO3. The van der Waals surface area contributed by atoms with Gasteiger partial charge >= 0.3 is 0 Å². The molecule has 0 heterocycles. The SMILES string of the molecule is COc1cc(/C=C2\Cc3ccccc3C2=O)ccc1OCc1ccc(Cl)cc1. The van der Waals surface area contributed by atoms with E-state index in [1.807, 2.05) is 72.8 Å². The minimum absolute atomic E-state index is 0.0950. The molecule has 0 amide bonds. The molecule has 3 nitrogen and oxygen atoms in total. The lowest BCUT2D eigenvalue weighted by Crippen LogP contribution is -1.98. The quantitative estimate of drug-likeness (QED) is 0.520. The summed E-state index contributed by atoms with van der Waals surface area (Å²) in [6.07, 6.45) is 2.58. The van der Waals surface area contributed by atoms with E-state index in [9.17, 15) is 4.79 Å². The average molecular weight is 391 g/mol. The number of allylic oxidation sites excluding steroid dienone is 1. The van der Waals surface area contributed by atoms with Crippen LogP contribution in [0.4, 0.5) is 0 Å². The summed E-state index contributed by atoms with van der Waals surface area (Å²) >= 11 is 5.91. The maximum atomic E-state index is 12.6. The predicted molar refractivity (Wildman–Crippen MR) is 111 cm³/mol. The molecule has 0 aromatic heterocycles. The maximum Gasteiger partial charge on any atom is 0.189 e. The molecule has 4 heteroatoms. The largest absolute Gasteiger partial charge is 0.493 e. The lowest BCUT2D eigenvalue weighted by atomic mass is 10.1. The molecule has 4 rings (SSSR count). The molecule has 0 bridgehead atoms. The first-order chi connectivity index (χ1) is 13.6. The van der Waals surface area contributed by atoms with Gasteiger partial charge in [-0.1, -0.05) is 54.1 Å². The number of benzene rings is 3. The van der Waals surface area contributed by atoms with E-state index in [0.29, 0.717) is 29.5 Å². The number of hydrogen-bond donors (Lipinski definition) is 0. The van der Waals surface area contributed by atoms with Crippen molar-refractivity contribution in [3.8, 4) is 11.5 Å². The second kappa shape index (κ2) is 7.91. The van der Waals surface area contributed by atoms with Crippen LogP contribution in [0, 0.1) is 0 Å². The van der Waals surface area contributed by atoms with E-state index in [-0.39, 0.29) is 5.78 Å². The topological polar surface area (TPSA) is 35.5 Å². The molecule has 0 N–H and O–H groups in total. The first-order valence-electron chi connectivity index (χ1n) is 9.02. The number of Topliss-reactive ketones (excluding diaryl/α,β-unsaturated/α-hetero) is 1. The summed E-state index contributed by atoms with van der Waals surface area (Å²) in [5.74, 6) is 1.38. The molecule has 3 aromatic rings. The van der Waals surface area contributed by atoms with Crippen molar-refractivity contribution in [3.63, 3.8) is 0 Å². The first-order valence-corrected chi connectivity index (χ1v) is 9.40. The summed E-state index contributed by atoms with van der Waals surface area (Å²) in [4.78, 5) is 12.6. The maximum absolute atomic E-state index is 12.6. The van der Waals surface area contributed by atoms with Gasteiger partial charge in [0, 0.05) is 22.6 Å². The van der Waals surface area contributed by atoms with Crippen LogP contribution < -0.4 is 9.47 Å². The van der Waals surface area contributed by atoms with Crippen LogP contribution in [0.25, 0.3) is 6.08 Å². The van der Waals surface area contributed by atoms with Gasteiger partial charge in [0.25, 0.3) is 0 Å². The normalized spacial score (nSPS) is 14.2. The number of carbonyl (C=O) groups excluding carboxylic acids is 1. The number of fused-ring (bicyclic) bond motifs is 1. The smallest absolute Gasteiger partial charge is 0.189 e. The van der Waals surface area contributed by atoms with Gasteiger partial charge in [0.2, 0.25) is 0 Å². The van der Waals surface area contributed by atoms with E-state index in [2.05, 4.69) is 0 Å². The molecule has 140 valence electrons. The molecule has 0 atom stereocenters. The highest BCUT2D eigenvalue weighted by Gasteiger charge is 2.24. The molecular weight excluding hydrogens is 372 g/mol. The molecule has 0 unspecified atom stereocenters. The van der Waals surface area contributed by atoms with Gasteiger partial charge in [0.05, 0.1) is 7.11 Å². The van der Waals surface area contributed by atoms with Crippen LogP contribution in [-0.4, -0.2) is 12.9 Å². The van der Waals surface area contributed by atoms with Crippen molar-refractivity contribution >= 4 is 23.5 Å². The lowest BCUT2D eigenvalue weighted by molar-refractivity contribution is 0.104. The molecule has 3 aromatic carbocycles. The highest BCUT2D eigenvalue weighted by atomic mass is 35.5. The molecule has 0 spiro atoms. The number of halogens is 1.